The van der Waals surface area contributed by atoms with Gasteiger partial charge in [0.2, 0.25) is 5.91 Å². The first kappa shape index (κ1) is 19.4. The molecule has 0 aliphatic heterocycles. The summed E-state index contributed by atoms with van der Waals surface area (Å²) in [4.78, 5) is 16.7. The van der Waals surface area contributed by atoms with Crippen molar-refractivity contribution in [3.05, 3.63) is 64.1 Å². The highest BCUT2D eigenvalue weighted by molar-refractivity contribution is 5.76. The number of hydrogen-bond acceptors (Lipinski definition) is 4. The first-order chi connectivity index (χ1) is 13.3. The van der Waals surface area contributed by atoms with Gasteiger partial charge in [-0.1, -0.05) is 0 Å². The van der Waals surface area contributed by atoms with Gasteiger partial charge in [-0.25, -0.2) is 18.3 Å². The molecule has 3 aromatic rings. The van der Waals surface area contributed by atoms with Crippen LogP contribution < -0.4 is 5.32 Å². The zero-order chi connectivity index (χ0) is 20.4. The molecule has 0 aliphatic carbocycles. The summed E-state index contributed by atoms with van der Waals surface area (Å²) < 4.78 is 28.8. The van der Waals surface area contributed by atoms with Crippen LogP contribution in [0.5, 0.6) is 0 Å². The Hall–Kier alpha value is -3.34. The molecule has 0 spiro atoms. The van der Waals surface area contributed by atoms with Gasteiger partial charge in [0.1, 0.15) is 23.3 Å². The summed E-state index contributed by atoms with van der Waals surface area (Å²) in [6.07, 6.45) is 2.02. The van der Waals surface area contributed by atoms with Crippen LogP contribution in [-0.4, -0.2) is 20.5 Å². The molecule has 144 valence electrons. The SMILES string of the molecule is Cc1nc2c(C#N)cnn2c(C)c1CCC(=O)NC(C)c1cc(F)ccc1F. The zero-order valence-electron chi connectivity index (χ0n) is 15.8. The van der Waals surface area contributed by atoms with Gasteiger partial charge in [0.25, 0.3) is 0 Å². The number of amides is 1. The molecular weight excluding hydrogens is 364 g/mol. The zero-order valence-corrected chi connectivity index (χ0v) is 15.8. The molecule has 2 aromatic heterocycles. The van der Waals surface area contributed by atoms with Gasteiger partial charge in [0.15, 0.2) is 5.65 Å². The average Bonchev–Trinajstić information content (AvgIpc) is 3.06. The van der Waals surface area contributed by atoms with Crippen LogP contribution in [0.1, 0.15) is 47.5 Å². The van der Waals surface area contributed by atoms with Crippen molar-refractivity contribution < 1.29 is 13.6 Å². The molecule has 6 nitrogen and oxygen atoms in total. The van der Waals surface area contributed by atoms with Gasteiger partial charge in [0.05, 0.1) is 12.2 Å². The number of carbonyl (C=O) groups excluding carboxylic acids is 1. The van der Waals surface area contributed by atoms with Crippen molar-refractivity contribution in [2.75, 3.05) is 0 Å². The third kappa shape index (κ3) is 3.69. The number of carbonyl (C=O) groups is 1. The fourth-order valence-corrected chi connectivity index (χ4v) is 3.23. The van der Waals surface area contributed by atoms with E-state index < -0.39 is 17.7 Å². The minimum Gasteiger partial charge on any atom is -0.349 e. The molecule has 1 aromatic carbocycles. The molecule has 0 fully saturated rings. The number of nitrogens with zero attached hydrogens (tertiary/aromatic N) is 4. The Labute approximate surface area is 160 Å². The number of aryl methyl sites for hydroxylation is 2. The summed E-state index contributed by atoms with van der Waals surface area (Å²) in [5, 5.41) is 16.0. The number of hydrogen-bond donors (Lipinski definition) is 1. The molecule has 2 heterocycles. The highest BCUT2D eigenvalue weighted by atomic mass is 19.1. The molecule has 1 amide bonds. The molecule has 0 saturated heterocycles. The summed E-state index contributed by atoms with van der Waals surface area (Å²) in [5.74, 6) is -1.41. The number of halogens is 2. The summed E-state index contributed by atoms with van der Waals surface area (Å²) >= 11 is 0. The largest absolute Gasteiger partial charge is 0.349 e. The minimum atomic E-state index is -0.657. The summed E-state index contributed by atoms with van der Waals surface area (Å²) in [6.45, 7) is 5.28. The van der Waals surface area contributed by atoms with Crippen LogP contribution in [0.25, 0.3) is 5.65 Å². The number of nitriles is 1. The normalized spacial score (nSPS) is 12.0. The van der Waals surface area contributed by atoms with Crippen LogP contribution in [-0.2, 0) is 11.2 Å². The first-order valence-corrected chi connectivity index (χ1v) is 8.80. The van der Waals surface area contributed by atoms with Crippen molar-refractivity contribution in [2.24, 2.45) is 0 Å². The van der Waals surface area contributed by atoms with Crippen LogP contribution >= 0.6 is 0 Å². The van der Waals surface area contributed by atoms with Crippen molar-refractivity contribution in [1.29, 1.82) is 5.26 Å². The van der Waals surface area contributed by atoms with Gasteiger partial charge >= 0.3 is 0 Å². The Morgan fingerprint density at radius 2 is 2.11 bits per heavy atom. The molecule has 0 saturated carbocycles. The Bertz CT molecular complexity index is 1100. The quantitative estimate of drug-likeness (QED) is 0.733. The molecule has 8 heteroatoms. The van der Waals surface area contributed by atoms with Crippen LogP contribution in [0.2, 0.25) is 0 Å². The Morgan fingerprint density at radius 1 is 1.36 bits per heavy atom. The minimum absolute atomic E-state index is 0.101. The lowest BCUT2D eigenvalue weighted by atomic mass is 10.0. The number of fused-ring (bicyclic) bond motifs is 1. The topological polar surface area (TPSA) is 83.1 Å². The van der Waals surface area contributed by atoms with E-state index in [-0.39, 0.29) is 17.9 Å². The average molecular weight is 383 g/mol. The monoisotopic (exact) mass is 383 g/mol. The van der Waals surface area contributed by atoms with Crippen LogP contribution in [0, 0.1) is 36.8 Å². The predicted molar refractivity (Wildman–Crippen MR) is 98.4 cm³/mol. The van der Waals surface area contributed by atoms with Crippen molar-refractivity contribution in [3.8, 4) is 6.07 Å². The van der Waals surface area contributed by atoms with Crippen molar-refractivity contribution in [3.63, 3.8) is 0 Å². The standard InChI is InChI=1S/C20H19F2N5O/c1-11-16(13(3)27-20(26-11)14(9-23)10-24-27)5-7-19(28)25-12(2)17-8-15(21)4-6-18(17)22/h4,6,8,10,12H,5,7H2,1-3H3,(H,25,28). The lowest BCUT2D eigenvalue weighted by molar-refractivity contribution is -0.121. The fourth-order valence-electron chi connectivity index (χ4n) is 3.23. The Kier molecular flexibility index (Phi) is 5.36. The smallest absolute Gasteiger partial charge is 0.220 e. The molecule has 1 atom stereocenters. The first-order valence-electron chi connectivity index (χ1n) is 8.80. The maximum absolute atomic E-state index is 13.8. The maximum Gasteiger partial charge on any atom is 0.220 e. The second-order valence-corrected chi connectivity index (χ2v) is 6.62. The van der Waals surface area contributed by atoms with Crippen molar-refractivity contribution >= 4 is 11.6 Å². The number of rotatable bonds is 5. The Morgan fingerprint density at radius 3 is 2.82 bits per heavy atom. The van der Waals surface area contributed by atoms with Crippen molar-refractivity contribution in [2.45, 2.75) is 39.7 Å². The number of benzene rings is 1. The summed E-state index contributed by atoms with van der Waals surface area (Å²) in [7, 11) is 0. The summed E-state index contributed by atoms with van der Waals surface area (Å²) in [6, 6.07) is 4.55. The van der Waals surface area contributed by atoms with Crippen LogP contribution in [0.3, 0.4) is 0 Å². The maximum atomic E-state index is 13.8. The molecule has 1 unspecified atom stereocenters. The second kappa shape index (κ2) is 7.72. The van der Waals surface area contributed by atoms with E-state index in [1.165, 1.54) is 6.20 Å². The van der Waals surface area contributed by atoms with Gasteiger partial charge in [0, 0.05) is 23.4 Å². The van der Waals surface area contributed by atoms with E-state index in [1.54, 1.807) is 11.4 Å². The molecule has 28 heavy (non-hydrogen) atoms. The molecule has 1 N–H and O–H groups in total. The van der Waals surface area contributed by atoms with E-state index >= 15 is 0 Å². The molecule has 0 bridgehead atoms. The third-order valence-corrected chi connectivity index (χ3v) is 4.73. The van der Waals surface area contributed by atoms with Gasteiger partial charge in [-0.05, 0) is 51.0 Å². The van der Waals surface area contributed by atoms with Gasteiger partial charge in [-0.2, -0.15) is 10.4 Å². The van der Waals surface area contributed by atoms with E-state index in [2.05, 4.69) is 21.5 Å². The van der Waals surface area contributed by atoms with E-state index in [4.69, 9.17) is 5.26 Å². The van der Waals surface area contributed by atoms with Gasteiger partial charge in [-0.15, -0.1) is 0 Å². The molecule has 0 radical (unpaired) electrons. The van der Waals surface area contributed by atoms with Crippen molar-refractivity contribution in [1.82, 2.24) is 19.9 Å². The summed E-state index contributed by atoms with van der Waals surface area (Å²) in [5.41, 5.74) is 3.37. The van der Waals surface area contributed by atoms with Crippen LogP contribution in [0.4, 0.5) is 8.78 Å². The third-order valence-electron chi connectivity index (χ3n) is 4.73. The lowest BCUT2D eigenvalue weighted by Gasteiger charge is -2.16. The second-order valence-electron chi connectivity index (χ2n) is 6.62. The molecular formula is C20H19F2N5O. The van der Waals surface area contributed by atoms with Crippen LogP contribution in [0.15, 0.2) is 24.4 Å². The van der Waals surface area contributed by atoms with E-state index in [1.807, 2.05) is 13.8 Å². The molecule has 3 rings (SSSR count). The highest BCUT2D eigenvalue weighted by Gasteiger charge is 2.17. The van der Waals surface area contributed by atoms with E-state index in [0.717, 1.165) is 35.2 Å². The van der Waals surface area contributed by atoms with E-state index in [0.29, 0.717) is 17.6 Å². The fraction of sp³-hybridized carbons (Fsp3) is 0.300. The number of aromatic nitrogens is 3. The van der Waals surface area contributed by atoms with Gasteiger partial charge in [-0.3, -0.25) is 4.79 Å². The Balaban J connectivity index is 1.73. The molecule has 0 aliphatic rings. The lowest BCUT2D eigenvalue weighted by Crippen LogP contribution is -2.27. The van der Waals surface area contributed by atoms with Gasteiger partial charge < -0.3 is 5.32 Å². The number of nitrogens with one attached hydrogen (secondary N) is 1. The van der Waals surface area contributed by atoms with E-state index in [9.17, 15) is 13.6 Å². The predicted octanol–water partition coefficient (Wildman–Crippen LogP) is 3.31. The highest BCUT2D eigenvalue weighted by Crippen LogP contribution is 2.20.